The van der Waals surface area contributed by atoms with Gasteiger partial charge in [-0.2, -0.15) is 5.10 Å². The Morgan fingerprint density at radius 1 is 1.47 bits per heavy atom. The molecule has 1 N–H and O–H groups in total. The highest BCUT2D eigenvalue weighted by Crippen LogP contribution is 2.24. The molecule has 2 aromatic rings. The van der Waals surface area contributed by atoms with Crippen LogP contribution < -0.4 is 0 Å². The van der Waals surface area contributed by atoms with Gasteiger partial charge in [0, 0.05) is 11.6 Å². The molecule has 0 saturated heterocycles. The van der Waals surface area contributed by atoms with Crippen molar-refractivity contribution >= 4 is 16.6 Å². The predicted molar refractivity (Wildman–Crippen MR) is 76.3 cm³/mol. The normalized spacial score (nSPS) is 13.1. The van der Waals surface area contributed by atoms with Gasteiger partial charge in [-0.3, -0.25) is 5.10 Å². The van der Waals surface area contributed by atoms with E-state index in [0.717, 1.165) is 16.6 Å². The van der Waals surface area contributed by atoms with Crippen molar-refractivity contribution in [1.82, 2.24) is 15.2 Å². The maximum atomic E-state index is 13.4. The molecule has 19 heavy (non-hydrogen) atoms. The summed E-state index contributed by atoms with van der Waals surface area (Å²) in [4.78, 5) is 4.22. The quantitative estimate of drug-likeness (QED) is 0.841. The third kappa shape index (κ3) is 2.62. The van der Waals surface area contributed by atoms with Gasteiger partial charge in [-0.05, 0) is 49.6 Å². The van der Waals surface area contributed by atoms with Gasteiger partial charge in [-0.25, -0.2) is 9.37 Å². The number of halogens is 1. The molecular formula is C15H16FN3. The summed E-state index contributed by atoms with van der Waals surface area (Å²) in [6, 6.07) is 1.99. The Labute approximate surface area is 111 Å². The van der Waals surface area contributed by atoms with Crippen molar-refractivity contribution in [2.75, 3.05) is 0 Å². The second kappa shape index (κ2) is 5.18. The van der Waals surface area contributed by atoms with Crippen LogP contribution in [0.2, 0.25) is 0 Å². The number of rotatable bonds is 3. The first kappa shape index (κ1) is 13.2. The number of hydrogen-bond acceptors (Lipinski definition) is 2. The van der Waals surface area contributed by atoms with E-state index in [0.29, 0.717) is 16.8 Å². The highest BCUT2D eigenvalue weighted by atomic mass is 19.1. The average Bonchev–Trinajstić information content (AvgIpc) is 2.80. The molecule has 3 nitrogen and oxygen atoms in total. The number of allylic oxidation sites excluding steroid dienone is 5. The van der Waals surface area contributed by atoms with Crippen molar-refractivity contribution in [1.29, 1.82) is 0 Å². The molecule has 0 bridgehead atoms. The van der Waals surface area contributed by atoms with E-state index in [-0.39, 0.29) is 5.83 Å². The molecule has 0 aliphatic rings. The monoisotopic (exact) mass is 257 g/mol. The predicted octanol–water partition coefficient (Wildman–Crippen LogP) is 4.10. The van der Waals surface area contributed by atoms with E-state index in [9.17, 15) is 4.39 Å². The largest absolute Gasteiger partial charge is 0.275 e. The Balaban J connectivity index is 2.45. The van der Waals surface area contributed by atoms with Crippen LogP contribution in [0.5, 0.6) is 0 Å². The van der Waals surface area contributed by atoms with Crippen molar-refractivity contribution in [3.05, 3.63) is 53.7 Å². The number of hydrogen-bond donors (Lipinski definition) is 1. The summed E-state index contributed by atoms with van der Waals surface area (Å²) >= 11 is 0. The van der Waals surface area contributed by atoms with Gasteiger partial charge < -0.3 is 0 Å². The summed E-state index contributed by atoms with van der Waals surface area (Å²) < 4.78 is 13.4. The van der Waals surface area contributed by atoms with Crippen LogP contribution in [0.1, 0.15) is 25.1 Å². The molecule has 0 aromatic carbocycles. The van der Waals surface area contributed by atoms with E-state index in [4.69, 9.17) is 0 Å². The Bertz CT molecular complexity index is 692. The van der Waals surface area contributed by atoms with E-state index >= 15 is 0 Å². The average molecular weight is 257 g/mol. The van der Waals surface area contributed by atoms with Gasteiger partial charge in [0.25, 0.3) is 0 Å². The van der Waals surface area contributed by atoms with Gasteiger partial charge in [-0.1, -0.05) is 12.7 Å². The Hall–Kier alpha value is -2.23. The maximum absolute atomic E-state index is 13.4. The molecule has 0 fully saturated rings. The third-order valence-corrected chi connectivity index (χ3v) is 2.89. The second-order valence-corrected chi connectivity index (χ2v) is 4.47. The van der Waals surface area contributed by atoms with Crippen LogP contribution in [0.25, 0.3) is 16.6 Å². The van der Waals surface area contributed by atoms with Crippen LogP contribution in [0.3, 0.4) is 0 Å². The Morgan fingerprint density at radius 2 is 2.21 bits per heavy atom. The van der Waals surface area contributed by atoms with Crippen LogP contribution in [-0.2, 0) is 0 Å². The van der Waals surface area contributed by atoms with Crippen molar-refractivity contribution < 1.29 is 4.39 Å². The highest BCUT2D eigenvalue weighted by Gasteiger charge is 2.09. The number of fused-ring (bicyclic) bond motifs is 1. The lowest BCUT2D eigenvalue weighted by Gasteiger charge is -2.01. The molecule has 0 radical (unpaired) electrons. The van der Waals surface area contributed by atoms with E-state index in [1.54, 1.807) is 26.1 Å². The Morgan fingerprint density at radius 3 is 2.89 bits per heavy atom. The van der Waals surface area contributed by atoms with Crippen LogP contribution in [0.15, 0.2) is 42.4 Å². The summed E-state index contributed by atoms with van der Waals surface area (Å²) in [5.74, 6) is -0.251. The summed E-state index contributed by atoms with van der Waals surface area (Å²) in [5.41, 5.74) is 3.68. The molecule has 2 rings (SSSR count). The van der Waals surface area contributed by atoms with Gasteiger partial charge >= 0.3 is 0 Å². The number of nitrogens with zero attached hydrogens (tertiary/aromatic N) is 2. The van der Waals surface area contributed by atoms with Gasteiger partial charge in [0.2, 0.25) is 0 Å². The molecule has 4 heteroatoms. The zero-order valence-corrected chi connectivity index (χ0v) is 11.3. The first-order valence-electron chi connectivity index (χ1n) is 6.03. The standard InChI is InChI=1S/C15H16FN3/c1-5-13(16)10(3)7-11(4)14-12-6-9(2)8-17-15(12)19-18-14/h5-8H,4H2,1-3H3,(H,17,18,19)/b10-7-,13-5+. The Kier molecular flexibility index (Phi) is 3.60. The fourth-order valence-electron chi connectivity index (χ4n) is 1.88. The van der Waals surface area contributed by atoms with Crippen molar-refractivity contribution in [3.8, 4) is 0 Å². The zero-order chi connectivity index (χ0) is 14.0. The van der Waals surface area contributed by atoms with Crippen molar-refractivity contribution in [3.63, 3.8) is 0 Å². The van der Waals surface area contributed by atoms with Gasteiger partial charge in [0.05, 0.1) is 5.69 Å². The van der Waals surface area contributed by atoms with E-state index in [2.05, 4.69) is 21.8 Å². The molecule has 2 heterocycles. The maximum Gasteiger partial charge on any atom is 0.181 e. The fourth-order valence-corrected chi connectivity index (χ4v) is 1.88. The minimum Gasteiger partial charge on any atom is -0.275 e. The lowest BCUT2D eigenvalue weighted by Crippen LogP contribution is -1.85. The number of aryl methyl sites for hydroxylation is 1. The number of aromatic nitrogens is 3. The van der Waals surface area contributed by atoms with Crippen LogP contribution in [0, 0.1) is 6.92 Å². The topological polar surface area (TPSA) is 41.6 Å². The lowest BCUT2D eigenvalue weighted by atomic mass is 10.1. The van der Waals surface area contributed by atoms with Crippen LogP contribution >= 0.6 is 0 Å². The molecule has 0 aliphatic carbocycles. The van der Waals surface area contributed by atoms with E-state index < -0.39 is 0 Å². The second-order valence-electron chi connectivity index (χ2n) is 4.47. The molecule has 0 saturated carbocycles. The van der Waals surface area contributed by atoms with Crippen molar-refractivity contribution in [2.24, 2.45) is 0 Å². The summed E-state index contributed by atoms with van der Waals surface area (Å²) in [7, 11) is 0. The molecule has 0 atom stereocenters. The zero-order valence-electron chi connectivity index (χ0n) is 11.3. The molecule has 0 unspecified atom stereocenters. The highest BCUT2D eigenvalue weighted by molar-refractivity contribution is 5.90. The summed E-state index contributed by atoms with van der Waals surface area (Å²) in [6.07, 6.45) is 4.89. The number of H-pyrrole nitrogens is 1. The molecule has 98 valence electrons. The minimum atomic E-state index is -0.251. The molecule has 0 amide bonds. The van der Waals surface area contributed by atoms with Gasteiger partial charge in [0.1, 0.15) is 5.83 Å². The number of nitrogens with one attached hydrogen (secondary N) is 1. The molecule has 2 aromatic heterocycles. The SMILES string of the molecule is C=C(/C=C(C)\C(F)=C/C)c1[nH]nc2ncc(C)cc12. The number of pyridine rings is 1. The summed E-state index contributed by atoms with van der Waals surface area (Å²) in [5, 5.41) is 7.92. The van der Waals surface area contributed by atoms with Gasteiger partial charge in [0.15, 0.2) is 5.65 Å². The smallest absolute Gasteiger partial charge is 0.181 e. The van der Waals surface area contributed by atoms with E-state index in [1.807, 2.05) is 13.0 Å². The fraction of sp³-hybridized carbons (Fsp3) is 0.200. The number of aromatic amines is 1. The first-order valence-corrected chi connectivity index (χ1v) is 6.03. The molecule has 0 spiro atoms. The minimum absolute atomic E-state index is 0.251. The molecular weight excluding hydrogens is 241 g/mol. The van der Waals surface area contributed by atoms with Gasteiger partial charge in [-0.15, -0.1) is 0 Å². The summed E-state index contributed by atoms with van der Waals surface area (Å²) in [6.45, 7) is 9.30. The first-order chi connectivity index (χ1) is 9.02. The molecule has 0 aliphatic heterocycles. The van der Waals surface area contributed by atoms with Crippen molar-refractivity contribution in [2.45, 2.75) is 20.8 Å². The van der Waals surface area contributed by atoms with E-state index in [1.165, 1.54) is 6.08 Å². The third-order valence-electron chi connectivity index (χ3n) is 2.89. The van der Waals surface area contributed by atoms with Crippen LogP contribution in [0.4, 0.5) is 4.39 Å². The lowest BCUT2D eigenvalue weighted by molar-refractivity contribution is 0.649. The van der Waals surface area contributed by atoms with Crippen LogP contribution in [-0.4, -0.2) is 15.2 Å².